The first-order chi connectivity index (χ1) is 18.2. The molecule has 3 rings (SSSR count). The van der Waals surface area contributed by atoms with Crippen molar-refractivity contribution in [3.63, 3.8) is 0 Å². The average molecular weight is 563 g/mol. The number of nitrogens with one attached hydrogen (secondary N) is 2. The van der Waals surface area contributed by atoms with E-state index in [1.807, 2.05) is 13.8 Å². The number of β-lactam (4-membered cyclic amide) rings is 1. The number of rotatable bonds is 9. The van der Waals surface area contributed by atoms with Crippen LogP contribution in [0.5, 0.6) is 0 Å². The Kier molecular flexibility index (Phi) is 9.26. The Bertz CT molecular complexity index is 1180. The zero-order valence-corrected chi connectivity index (χ0v) is 23.6. The van der Waals surface area contributed by atoms with E-state index in [2.05, 4.69) is 10.6 Å². The van der Waals surface area contributed by atoms with Crippen LogP contribution in [0, 0.1) is 16.0 Å². The molecule has 0 unspecified atom stereocenters. The summed E-state index contributed by atoms with van der Waals surface area (Å²) in [5.41, 5.74) is 0.531. The molecule has 2 aliphatic heterocycles. The number of hydrogen-bond acceptors (Lipinski definition) is 9. The molecule has 2 N–H and O–H groups in total. The normalized spacial score (nSPS) is 19.6. The lowest BCUT2D eigenvalue weighted by Crippen LogP contribution is -2.71. The summed E-state index contributed by atoms with van der Waals surface area (Å²) < 4.78 is 10.7. The molecule has 0 aliphatic carbocycles. The van der Waals surface area contributed by atoms with Crippen LogP contribution in [0.2, 0.25) is 0 Å². The second kappa shape index (κ2) is 12.1. The number of esters is 1. The van der Waals surface area contributed by atoms with Gasteiger partial charge in [-0.2, -0.15) is 0 Å². The molecule has 1 fully saturated rings. The van der Waals surface area contributed by atoms with E-state index in [1.165, 1.54) is 40.9 Å². The van der Waals surface area contributed by atoms with Gasteiger partial charge in [-0.25, -0.2) is 9.59 Å². The third-order valence-electron chi connectivity index (χ3n) is 5.88. The van der Waals surface area contributed by atoms with Crippen molar-refractivity contribution in [1.82, 2.24) is 15.5 Å². The summed E-state index contributed by atoms with van der Waals surface area (Å²) in [7, 11) is 0. The number of fused-ring (bicyclic) bond motifs is 1. The SMILES string of the molecule is CC1=C(C(=O)OCc2ccc([N+](=O)[O-])cc2)N2C(=O)[C@@H](NC(=O)[C@H](CC(C)C)NC(=O)OC(C)(C)C)[C@H]2SC1. The highest BCUT2D eigenvalue weighted by atomic mass is 32.2. The Balaban J connectivity index is 1.64. The zero-order valence-electron chi connectivity index (χ0n) is 22.8. The lowest BCUT2D eigenvalue weighted by atomic mass is 10.00. The molecule has 0 radical (unpaired) electrons. The van der Waals surface area contributed by atoms with E-state index in [0.717, 1.165) is 0 Å². The minimum Gasteiger partial charge on any atom is -0.456 e. The molecule has 212 valence electrons. The molecule has 2 aliphatic rings. The Labute approximate surface area is 231 Å². The number of hydrogen-bond donors (Lipinski definition) is 2. The number of nitrogens with zero attached hydrogens (tertiary/aromatic N) is 2. The Hall–Kier alpha value is -3.61. The molecule has 3 atom stereocenters. The van der Waals surface area contributed by atoms with E-state index in [1.54, 1.807) is 27.7 Å². The lowest BCUT2D eigenvalue weighted by Gasteiger charge is -2.49. The predicted octanol–water partition coefficient (Wildman–Crippen LogP) is 3.25. The largest absolute Gasteiger partial charge is 0.456 e. The van der Waals surface area contributed by atoms with Crippen molar-refractivity contribution >= 4 is 41.3 Å². The van der Waals surface area contributed by atoms with Gasteiger partial charge in [0.15, 0.2) is 0 Å². The first-order valence-corrected chi connectivity index (χ1v) is 13.6. The van der Waals surface area contributed by atoms with Gasteiger partial charge in [0.1, 0.15) is 35.4 Å². The molecule has 1 aromatic carbocycles. The van der Waals surface area contributed by atoms with E-state index < -0.39 is 51.9 Å². The topological polar surface area (TPSA) is 157 Å². The summed E-state index contributed by atoms with van der Waals surface area (Å²) in [6, 6.07) is 3.84. The second-order valence-electron chi connectivity index (χ2n) is 10.9. The lowest BCUT2D eigenvalue weighted by molar-refractivity contribution is -0.384. The van der Waals surface area contributed by atoms with Crippen LogP contribution in [0.4, 0.5) is 10.5 Å². The van der Waals surface area contributed by atoms with E-state index in [4.69, 9.17) is 9.47 Å². The number of alkyl carbamates (subject to hydrolysis) is 1. The Morgan fingerprint density at radius 3 is 2.41 bits per heavy atom. The van der Waals surface area contributed by atoms with Crippen molar-refractivity contribution in [3.05, 3.63) is 51.2 Å². The average Bonchev–Trinajstić information content (AvgIpc) is 2.83. The first kappa shape index (κ1) is 29.9. The minimum absolute atomic E-state index is 0.0769. The standard InChI is InChI=1S/C26H34N4O8S/c1-14(2)11-18(27-25(34)38-26(4,5)6)21(31)28-19-22(32)29-20(15(3)13-39-23(19)29)24(33)37-12-16-7-9-17(10-8-16)30(35)36/h7-10,14,18-19,23H,11-13H2,1-6H3,(H,27,34)(H,28,31)/t18-,19+,23+/m0/s1. The number of ether oxygens (including phenoxy) is 2. The molecule has 0 spiro atoms. The van der Waals surface area contributed by atoms with Crippen LogP contribution in [0.15, 0.2) is 35.5 Å². The summed E-state index contributed by atoms with van der Waals surface area (Å²) in [6.45, 7) is 10.6. The number of nitro groups is 1. The predicted molar refractivity (Wildman–Crippen MR) is 143 cm³/mol. The monoisotopic (exact) mass is 562 g/mol. The number of benzene rings is 1. The van der Waals surface area contributed by atoms with E-state index in [-0.39, 0.29) is 23.9 Å². The Morgan fingerprint density at radius 1 is 1.21 bits per heavy atom. The van der Waals surface area contributed by atoms with Crippen LogP contribution in [-0.4, -0.2) is 62.5 Å². The van der Waals surface area contributed by atoms with Crippen LogP contribution < -0.4 is 10.6 Å². The number of nitro benzene ring substituents is 1. The zero-order chi connectivity index (χ0) is 29.1. The summed E-state index contributed by atoms with van der Waals surface area (Å²) in [5, 5.41) is 15.6. The molecule has 3 amide bonds. The molecule has 13 heteroatoms. The van der Waals surface area contributed by atoms with Crippen molar-refractivity contribution in [1.29, 1.82) is 0 Å². The molecule has 39 heavy (non-hydrogen) atoms. The minimum atomic E-state index is -0.904. The molecule has 12 nitrogen and oxygen atoms in total. The van der Waals surface area contributed by atoms with Gasteiger partial charge >= 0.3 is 12.1 Å². The number of non-ortho nitro benzene ring substituents is 1. The van der Waals surface area contributed by atoms with Crippen LogP contribution in [0.3, 0.4) is 0 Å². The first-order valence-electron chi connectivity index (χ1n) is 12.5. The number of carbonyl (C=O) groups excluding carboxylic acids is 4. The van der Waals surface area contributed by atoms with Crippen LogP contribution in [0.25, 0.3) is 0 Å². The number of thioether (sulfide) groups is 1. The van der Waals surface area contributed by atoms with Gasteiger partial charge < -0.3 is 20.1 Å². The van der Waals surface area contributed by atoms with Crippen LogP contribution in [-0.2, 0) is 30.5 Å². The van der Waals surface area contributed by atoms with Crippen molar-refractivity contribution in [2.45, 2.75) is 77.6 Å². The number of amides is 3. The maximum Gasteiger partial charge on any atom is 0.408 e. The molecule has 0 saturated carbocycles. The van der Waals surface area contributed by atoms with Gasteiger partial charge in [-0.3, -0.25) is 24.6 Å². The van der Waals surface area contributed by atoms with Gasteiger partial charge in [0, 0.05) is 17.9 Å². The van der Waals surface area contributed by atoms with E-state index >= 15 is 0 Å². The maximum atomic E-state index is 13.1. The van der Waals surface area contributed by atoms with Gasteiger partial charge in [0.2, 0.25) is 5.91 Å². The van der Waals surface area contributed by atoms with Gasteiger partial charge in [0.05, 0.1) is 4.92 Å². The van der Waals surface area contributed by atoms with E-state index in [9.17, 15) is 29.3 Å². The summed E-state index contributed by atoms with van der Waals surface area (Å²) >= 11 is 1.41. The molecule has 1 aromatic rings. The summed E-state index contributed by atoms with van der Waals surface area (Å²) in [5.74, 6) is -1.13. The molecular weight excluding hydrogens is 528 g/mol. The van der Waals surface area contributed by atoms with Gasteiger partial charge in [0.25, 0.3) is 11.6 Å². The maximum absolute atomic E-state index is 13.1. The molecule has 2 heterocycles. The summed E-state index contributed by atoms with van der Waals surface area (Å²) in [4.78, 5) is 63.1. The fourth-order valence-corrected chi connectivity index (χ4v) is 5.39. The molecule has 0 aromatic heterocycles. The highest BCUT2D eigenvalue weighted by Crippen LogP contribution is 2.40. The van der Waals surface area contributed by atoms with Gasteiger partial charge in [-0.15, -0.1) is 11.8 Å². The smallest absolute Gasteiger partial charge is 0.408 e. The number of carbonyl (C=O) groups is 4. The highest BCUT2D eigenvalue weighted by Gasteiger charge is 2.54. The summed E-state index contributed by atoms with van der Waals surface area (Å²) in [6.07, 6.45) is -0.388. The third-order valence-corrected chi connectivity index (χ3v) is 7.31. The van der Waals surface area contributed by atoms with Crippen molar-refractivity contribution in [2.75, 3.05) is 5.75 Å². The fourth-order valence-electron chi connectivity index (χ4n) is 4.10. The van der Waals surface area contributed by atoms with Crippen LogP contribution >= 0.6 is 11.8 Å². The second-order valence-corrected chi connectivity index (χ2v) is 12.0. The van der Waals surface area contributed by atoms with E-state index in [0.29, 0.717) is 23.3 Å². The highest BCUT2D eigenvalue weighted by molar-refractivity contribution is 8.00. The molecular formula is C26H34N4O8S. The molecule has 1 saturated heterocycles. The van der Waals surface area contributed by atoms with Crippen molar-refractivity contribution < 1.29 is 33.6 Å². The quantitative estimate of drug-likeness (QED) is 0.199. The van der Waals surface area contributed by atoms with Crippen LogP contribution in [0.1, 0.15) is 53.5 Å². The Morgan fingerprint density at radius 2 is 1.85 bits per heavy atom. The van der Waals surface area contributed by atoms with Crippen molar-refractivity contribution in [2.24, 2.45) is 5.92 Å². The molecule has 0 bridgehead atoms. The van der Waals surface area contributed by atoms with Gasteiger partial charge in [-0.05, 0) is 63.3 Å². The third kappa shape index (κ3) is 7.49. The van der Waals surface area contributed by atoms with Gasteiger partial charge in [-0.1, -0.05) is 13.8 Å². The fraction of sp³-hybridized carbons (Fsp3) is 0.538. The van der Waals surface area contributed by atoms with Crippen molar-refractivity contribution in [3.8, 4) is 0 Å².